The van der Waals surface area contributed by atoms with Crippen LogP contribution in [0, 0.1) is 11.3 Å². The van der Waals surface area contributed by atoms with Crippen molar-refractivity contribution in [3.63, 3.8) is 0 Å². The van der Waals surface area contributed by atoms with Crippen LogP contribution in [0.4, 0.5) is 0 Å². The fourth-order valence-corrected chi connectivity index (χ4v) is 1.63. The third kappa shape index (κ3) is 1.48. The van der Waals surface area contributed by atoms with E-state index in [9.17, 15) is 9.59 Å². The zero-order chi connectivity index (χ0) is 10.9. The summed E-state index contributed by atoms with van der Waals surface area (Å²) < 4.78 is 14.4. The minimum atomic E-state index is -0.905. The maximum atomic E-state index is 11.4. The van der Waals surface area contributed by atoms with E-state index in [1.165, 1.54) is 14.2 Å². The van der Waals surface area contributed by atoms with Crippen molar-refractivity contribution in [3.8, 4) is 0 Å². The normalized spacial score (nSPS) is 29.9. The number of cyclic esters (lactones) is 1. The number of hydrogen-bond acceptors (Lipinski definition) is 5. The summed E-state index contributed by atoms with van der Waals surface area (Å²) in [7, 11) is 2.67. The summed E-state index contributed by atoms with van der Waals surface area (Å²) in [6.07, 6.45) is -0.695. The highest BCUT2D eigenvalue weighted by atomic mass is 16.7. The lowest BCUT2D eigenvalue weighted by Gasteiger charge is -2.25. The first kappa shape index (κ1) is 11.0. The van der Waals surface area contributed by atoms with Gasteiger partial charge in [0, 0.05) is 7.11 Å². The third-order valence-electron chi connectivity index (χ3n) is 2.46. The molecule has 5 heteroatoms. The highest BCUT2D eigenvalue weighted by Crippen LogP contribution is 2.40. The summed E-state index contributed by atoms with van der Waals surface area (Å²) >= 11 is 0. The molecule has 0 aliphatic carbocycles. The maximum Gasteiger partial charge on any atom is 0.323 e. The van der Waals surface area contributed by atoms with Crippen molar-refractivity contribution in [1.29, 1.82) is 0 Å². The van der Waals surface area contributed by atoms with Gasteiger partial charge in [0.1, 0.15) is 0 Å². The van der Waals surface area contributed by atoms with Gasteiger partial charge in [0.2, 0.25) is 6.29 Å². The second-order valence-electron chi connectivity index (χ2n) is 3.78. The Morgan fingerprint density at radius 2 is 2.00 bits per heavy atom. The molecule has 0 aromatic rings. The summed E-state index contributed by atoms with van der Waals surface area (Å²) in [4.78, 5) is 22.7. The first-order valence-corrected chi connectivity index (χ1v) is 4.26. The van der Waals surface area contributed by atoms with Crippen molar-refractivity contribution in [3.05, 3.63) is 0 Å². The smallest absolute Gasteiger partial charge is 0.323 e. The Labute approximate surface area is 82.3 Å². The Balaban J connectivity index is 2.95. The summed E-state index contributed by atoms with van der Waals surface area (Å²) in [5.41, 5.74) is -0.696. The highest BCUT2D eigenvalue weighted by Gasteiger charge is 2.56. The van der Waals surface area contributed by atoms with Gasteiger partial charge in [0.25, 0.3) is 0 Å². The number of carbonyl (C=O) groups excluding carboxylic acids is 2. The van der Waals surface area contributed by atoms with Gasteiger partial charge < -0.3 is 14.2 Å². The summed E-state index contributed by atoms with van der Waals surface area (Å²) in [6.45, 7) is 3.46. The Bertz CT molecular complexity index is 258. The molecule has 0 saturated carbocycles. The fraction of sp³-hybridized carbons (Fsp3) is 0.778. The number of carbonyl (C=O) groups is 2. The van der Waals surface area contributed by atoms with Gasteiger partial charge in [-0.2, -0.15) is 0 Å². The molecule has 0 spiro atoms. The molecule has 0 unspecified atom stereocenters. The summed E-state index contributed by atoms with van der Waals surface area (Å²) in [5.74, 6) is -2.08. The molecular weight excluding hydrogens is 188 g/mol. The van der Waals surface area contributed by atoms with Gasteiger partial charge in [-0.25, -0.2) is 0 Å². The SMILES string of the molecule is COC(=O)[C@H]1C(=O)O[C@H](OC)C1(C)C. The molecule has 1 fully saturated rings. The van der Waals surface area contributed by atoms with Gasteiger partial charge in [0.05, 0.1) is 12.5 Å². The van der Waals surface area contributed by atoms with Gasteiger partial charge in [-0.1, -0.05) is 13.8 Å². The van der Waals surface area contributed by atoms with Crippen LogP contribution >= 0.6 is 0 Å². The molecule has 1 rings (SSSR count). The lowest BCUT2D eigenvalue weighted by atomic mass is 9.80. The van der Waals surface area contributed by atoms with Crippen LogP contribution < -0.4 is 0 Å². The van der Waals surface area contributed by atoms with E-state index in [-0.39, 0.29) is 0 Å². The van der Waals surface area contributed by atoms with Crippen molar-refractivity contribution in [1.82, 2.24) is 0 Å². The standard InChI is InChI=1S/C9H14O5/c1-9(2)5(6(10)12-3)7(11)14-8(9)13-4/h5,8H,1-4H3/t5-,8-/m0/s1. The molecule has 0 radical (unpaired) electrons. The van der Waals surface area contributed by atoms with Crippen LogP contribution in [0.1, 0.15) is 13.8 Å². The predicted octanol–water partition coefficient (Wildman–Crippen LogP) is 0.331. The number of methoxy groups -OCH3 is 2. The van der Waals surface area contributed by atoms with Crippen LogP contribution in [0.25, 0.3) is 0 Å². The van der Waals surface area contributed by atoms with Crippen molar-refractivity contribution in [2.75, 3.05) is 14.2 Å². The van der Waals surface area contributed by atoms with Crippen molar-refractivity contribution in [2.45, 2.75) is 20.1 Å². The van der Waals surface area contributed by atoms with E-state index in [1.54, 1.807) is 13.8 Å². The van der Waals surface area contributed by atoms with E-state index >= 15 is 0 Å². The van der Waals surface area contributed by atoms with E-state index < -0.39 is 29.6 Å². The molecule has 1 saturated heterocycles. The van der Waals surface area contributed by atoms with E-state index in [0.717, 1.165) is 0 Å². The minimum Gasteiger partial charge on any atom is -0.468 e. The molecule has 1 aliphatic heterocycles. The van der Waals surface area contributed by atoms with Crippen LogP contribution in [-0.2, 0) is 23.8 Å². The second kappa shape index (κ2) is 3.57. The van der Waals surface area contributed by atoms with Gasteiger partial charge >= 0.3 is 11.9 Å². The van der Waals surface area contributed by atoms with Gasteiger partial charge in [-0.3, -0.25) is 9.59 Å². The second-order valence-corrected chi connectivity index (χ2v) is 3.78. The van der Waals surface area contributed by atoms with Crippen LogP contribution in [0.15, 0.2) is 0 Å². The predicted molar refractivity (Wildman–Crippen MR) is 46.2 cm³/mol. The quantitative estimate of drug-likeness (QED) is 0.477. The number of hydrogen-bond donors (Lipinski definition) is 0. The molecule has 1 aliphatic rings. The molecule has 1 heterocycles. The zero-order valence-corrected chi connectivity index (χ0v) is 8.70. The first-order chi connectivity index (χ1) is 6.45. The molecule has 14 heavy (non-hydrogen) atoms. The molecule has 2 atom stereocenters. The molecule has 0 amide bonds. The summed E-state index contributed by atoms with van der Waals surface area (Å²) in [6, 6.07) is 0. The van der Waals surface area contributed by atoms with Crippen LogP contribution in [0.3, 0.4) is 0 Å². The third-order valence-corrected chi connectivity index (χ3v) is 2.46. The Kier molecular flexibility index (Phi) is 2.80. The average Bonchev–Trinajstić information content (AvgIpc) is 2.35. The number of esters is 2. The molecule has 5 nitrogen and oxygen atoms in total. The highest BCUT2D eigenvalue weighted by molar-refractivity contribution is 5.97. The molecule has 80 valence electrons. The van der Waals surface area contributed by atoms with Gasteiger partial charge in [-0.15, -0.1) is 0 Å². The topological polar surface area (TPSA) is 61.8 Å². The van der Waals surface area contributed by atoms with E-state index in [0.29, 0.717) is 0 Å². The molecule has 0 aromatic heterocycles. The monoisotopic (exact) mass is 202 g/mol. The van der Waals surface area contributed by atoms with Crippen molar-refractivity contribution < 1.29 is 23.8 Å². The van der Waals surface area contributed by atoms with Crippen molar-refractivity contribution >= 4 is 11.9 Å². The van der Waals surface area contributed by atoms with Crippen LogP contribution in [0.5, 0.6) is 0 Å². The molecule has 0 bridgehead atoms. The molecule has 0 aromatic carbocycles. The Morgan fingerprint density at radius 3 is 2.36 bits per heavy atom. The van der Waals surface area contributed by atoms with Gasteiger partial charge in [0.15, 0.2) is 5.92 Å². The van der Waals surface area contributed by atoms with Gasteiger partial charge in [-0.05, 0) is 0 Å². The van der Waals surface area contributed by atoms with Crippen LogP contribution in [-0.4, -0.2) is 32.4 Å². The molecule has 0 N–H and O–H groups in total. The summed E-state index contributed by atoms with van der Waals surface area (Å²) in [5, 5.41) is 0. The van der Waals surface area contributed by atoms with Crippen LogP contribution in [0.2, 0.25) is 0 Å². The average molecular weight is 202 g/mol. The lowest BCUT2D eigenvalue weighted by Crippen LogP contribution is -2.36. The fourth-order valence-electron chi connectivity index (χ4n) is 1.63. The number of ether oxygens (including phenoxy) is 3. The van der Waals surface area contributed by atoms with Crippen molar-refractivity contribution in [2.24, 2.45) is 11.3 Å². The molecular formula is C9H14O5. The van der Waals surface area contributed by atoms with E-state index in [4.69, 9.17) is 9.47 Å². The number of rotatable bonds is 2. The zero-order valence-electron chi connectivity index (χ0n) is 8.70. The first-order valence-electron chi connectivity index (χ1n) is 4.26. The van der Waals surface area contributed by atoms with E-state index in [2.05, 4.69) is 4.74 Å². The minimum absolute atomic E-state index is 0.584. The van der Waals surface area contributed by atoms with E-state index in [1.807, 2.05) is 0 Å². The Hall–Kier alpha value is -1.10. The lowest BCUT2D eigenvalue weighted by molar-refractivity contribution is -0.166. The largest absolute Gasteiger partial charge is 0.468 e. The maximum absolute atomic E-state index is 11.4. The Morgan fingerprint density at radius 1 is 1.43 bits per heavy atom.